The Balaban J connectivity index is 1.97. The van der Waals surface area contributed by atoms with Crippen molar-refractivity contribution in [2.45, 2.75) is 51.9 Å². The second-order valence-electron chi connectivity index (χ2n) is 5.72. The van der Waals surface area contributed by atoms with Gasteiger partial charge in [0.05, 0.1) is 6.61 Å². The van der Waals surface area contributed by atoms with Crippen LogP contribution in [0.25, 0.3) is 0 Å². The molecule has 0 unspecified atom stereocenters. The number of nitrogens with zero attached hydrogens (tertiary/aromatic N) is 2. The molecule has 1 aliphatic rings. The van der Waals surface area contributed by atoms with Gasteiger partial charge < -0.3 is 9.64 Å². The molecule has 0 radical (unpaired) electrons. The molecule has 2 rings (SSSR count). The zero-order valence-corrected chi connectivity index (χ0v) is 13.1. The molecule has 0 amide bonds. The van der Waals surface area contributed by atoms with Crippen LogP contribution in [0.4, 0.5) is 11.4 Å². The van der Waals surface area contributed by atoms with Crippen LogP contribution >= 0.6 is 0 Å². The molecule has 1 aliphatic heterocycles. The first-order valence-electron chi connectivity index (χ1n) is 8.24. The summed E-state index contributed by atoms with van der Waals surface area (Å²) in [7, 11) is 0. The number of benzene rings is 1. The SMILES string of the molecule is CCCCCCOc1cc(N2CCCCC2)ccc1N=N. The second-order valence-corrected chi connectivity index (χ2v) is 5.72. The fourth-order valence-corrected chi connectivity index (χ4v) is 2.77. The summed E-state index contributed by atoms with van der Waals surface area (Å²) in [5.41, 5.74) is 9.11. The molecule has 1 saturated heterocycles. The van der Waals surface area contributed by atoms with Crippen molar-refractivity contribution in [2.24, 2.45) is 5.11 Å². The lowest BCUT2D eigenvalue weighted by Crippen LogP contribution is -2.29. The third kappa shape index (κ3) is 4.73. The highest BCUT2D eigenvalue weighted by molar-refractivity contribution is 5.61. The molecule has 21 heavy (non-hydrogen) atoms. The smallest absolute Gasteiger partial charge is 0.148 e. The summed E-state index contributed by atoms with van der Waals surface area (Å²) in [5, 5.41) is 3.58. The summed E-state index contributed by atoms with van der Waals surface area (Å²) in [6.07, 6.45) is 8.62. The molecule has 1 aromatic rings. The molecule has 1 aromatic carbocycles. The monoisotopic (exact) mass is 289 g/mol. The molecule has 0 atom stereocenters. The Kier molecular flexibility index (Phi) is 6.51. The van der Waals surface area contributed by atoms with Gasteiger partial charge in [-0.25, -0.2) is 5.53 Å². The summed E-state index contributed by atoms with van der Waals surface area (Å²) < 4.78 is 5.87. The van der Waals surface area contributed by atoms with E-state index in [-0.39, 0.29) is 0 Å². The number of anilines is 1. The van der Waals surface area contributed by atoms with E-state index in [0.29, 0.717) is 12.3 Å². The van der Waals surface area contributed by atoms with Gasteiger partial charge in [0.1, 0.15) is 11.4 Å². The number of piperidine rings is 1. The Morgan fingerprint density at radius 2 is 1.95 bits per heavy atom. The maximum Gasteiger partial charge on any atom is 0.148 e. The molecular weight excluding hydrogens is 262 g/mol. The van der Waals surface area contributed by atoms with Gasteiger partial charge in [-0.1, -0.05) is 26.2 Å². The van der Waals surface area contributed by atoms with Crippen molar-refractivity contribution in [1.82, 2.24) is 0 Å². The van der Waals surface area contributed by atoms with E-state index in [1.54, 1.807) is 0 Å². The number of nitrogens with one attached hydrogen (secondary N) is 1. The quantitative estimate of drug-likeness (QED) is 0.521. The highest BCUT2D eigenvalue weighted by Crippen LogP contribution is 2.33. The first-order chi connectivity index (χ1) is 10.3. The lowest BCUT2D eigenvalue weighted by Gasteiger charge is -2.29. The van der Waals surface area contributed by atoms with Gasteiger partial charge in [-0.2, -0.15) is 5.11 Å². The summed E-state index contributed by atoms with van der Waals surface area (Å²) >= 11 is 0. The first-order valence-corrected chi connectivity index (χ1v) is 8.24. The normalized spacial score (nSPS) is 15.0. The van der Waals surface area contributed by atoms with Crippen molar-refractivity contribution in [1.29, 1.82) is 5.53 Å². The predicted molar refractivity (Wildman–Crippen MR) is 87.0 cm³/mol. The average Bonchev–Trinajstić information content (AvgIpc) is 2.55. The summed E-state index contributed by atoms with van der Waals surface area (Å²) in [4.78, 5) is 2.40. The van der Waals surface area contributed by atoms with Crippen LogP contribution in [0.1, 0.15) is 51.9 Å². The number of rotatable bonds is 8. The standard InChI is InChI=1S/C17H27N3O/c1-2-3-4-8-13-21-17-14-15(9-10-16(17)19-18)20-11-6-5-7-12-20/h9-10,14,18H,2-8,11-13H2,1H3. The number of unbranched alkanes of at least 4 members (excludes halogenated alkanes) is 3. The average molecular weight is 289 g/mol. The molecule has 0 bridgehead atoms. The highest BCUT2D eigenvalue weighted by Gasteiger charge is 2.13. The maximum absolute atomic E-state index is 7.28. The Labute approximate surface area is 128 Å². The molecule has 1 heterocycles. The second kappa shape index (κ2) is 8.65. The Bertz CT molecular complexity index is 442. The maximum atomic E-state index is 7.28. The highest BCUT2D eigenvalue weighted by atomic mass is 16.5. The number of ether oxygens (including phenoxy) is 1. The van der Waals surface area contributed by atoms with Gasteiger partial charge in [0.2, 0.25) is 0 Å². The molecule has 0 spiro atoms. The minimum Gasteiger partial charge on any atom is -0.491 e. The van der Waals surface area contributed by atoms with Crippen LogP contribution in [-0.4, -0.2) is 19.7 Å². The van der Waals surface area contributed by atoms with E-state index in [2.05, 4.69) is 29.1 Å². The van der Waals surface area contributed by atoms with Crippen LogP contribution < -0.4 is 9.64 Å². The van der Waals surface area contributed by atoms with Crippen LogP contribution in [-0.2, 0) is 0 Å². The van der Waals surface area contributed by atoms with Crippen LogP contribution in [0.2, 0.25) is 0 Å². The molecule has 1 N–H and O–H groups in total. The third-order valence-electron chi connectivity index (χ3n) is 4.04. The number of hydrogen-bond donors (Lipinski definition) is 1. The first kappa shape index (κ1) is 15.8. The van der Waals surface area contributed by atoms with E-state index in [9.17, 15) is 0 Å². The minimum absolute atomic E-state index is 0.631. The van der Waals surface area contributed by atoms with Crippen molar-refractivity contribution in [3.8, 4) is 5.75 Å². The topological polar surface area (TPSA) is 48.7 Å². The Morgan fingerprint density at radius 1 is 1.14 bits per heavy atom. The lowest BCUT2D eigenvalue weighted by atomic mass is 10.1. The van der Waals surface area contributed by atoms with E-state index in [0.717, 1.165) is 25.3 Å². The lowest BCUT2D eigenvalue weighted by molar-refractivity contribution is 0.306. The summed E-state index contributed by atoms with van der Waals surface area (Å²) in [5.74, 6) is 0.754. The minimum atomic E-state index is 0.631. The fourth-order valence-electron chi connectivity index (χ4n) is 2.77. The van der Waals surface area contributed by atoms with Gasteiger partial charge in [0.25, 0.3) is 0 Å². The predicted octanol–water partition coefficient (Wildman–Crippen LogP) is 5.30. The molecule has 1 fully saturated rings. The molecule has 0 aromatic heterocycles. The molecule has 0 aliphatic carbocycles. The van der Waals surface area contributed by atoms with Gasteiger partial charge in [0.15, 0.2) is 0 Å². The van der Waals surface area contributed by atoms with Gasteiger partial charge >= 0.3 is 0 Å². The van der Waals surface area contributed by atoms with Gasteiger partial charge in [-0.05, 0) is 37.8 Å². The molecule has 4 heteroatoms. The van der Waals surface area contributed by atoms with Gasteiger partial charge in [-0.3, -0.25) is 0 Å². The third-order valence-corrected chi connectivity index (χ3v) is 4.04. The zero-order valence-electron chi connectivity index (χ0n) is 13.1. The van der Waals surface area contributed by atoms with E-state index in [1.807, 2.05) is 6.07 Å². The van der Waals surface area contributed by atoms with Crippen molar-refractivity contribution < 1.29 is 4.74 Å². The molecule has 116 valence electrons. The molecular formula is C17H27N3O. The molecule has 0 saturated carbocycles. The van der Waals surface area contributed by atoms with Crippen LogP contribution in [0, 0.1) is 5.53 Å². The van der Waals surface area contributed by atoms with Crippen molar-refractivity contribution in [3.63, 3.8) is 0 Å². The van der Waals surface area contributed by atoms with Crippen LogP contribution in [0.15, 0.2) is 23.3 Å². The van der Waals surface area contributed by atoms with Gasteiger partial charge in [0, 0.05) is 24.8 Å². The summed E-state index contributed by atoms with van der Waals surface area (Å²) in [6, 6.07) is 6.01. The fraction of sp³-hybridized carbons (Fsp3) is 0.647. The summed E-state index contributed by atoms with van der Waals surface area (Å²) in [6.45, 7) is 5.16. The Hall–Kier alpha value is -1.58. The van der Waals surface area contributed by atoms with E-state index < -0.39 is 0 Å². The number of hydrogen-bond acceptors (Lipinski definition) is 4. The van der Waals surface area contributed by atoms with Crippen LogP contribution in [0.3, 0.4) is 0 Å². The van der Waals surface area contributed by atoms with E-state index >= 15 is 0 Å². The van der Waals surface area contributed by atoms with E-state index in [4.69, 9.17) is 10.3 Å². The largest absolute Gasteiger partial charge is 0.491 e. The van der Waals surface area contributed by atoms with Gasteiger partial charge in [-0.15, -0.1) is 0 Å². The molecule has 4 nitrogen and oxygen atoms in total. The van der Waals surface area contributed by atoms with Crippen molar-refractivity contribution in [3.05, 3.63) is 18.2 Å². The van der Waals surface area contributed by atoms with Crippen LogP contribution in [0.5, 0.6) is 5.75 Å². The Morgan fingerprint density at radius 3 is 2.67 bits per heavy atom. The van der Waals surface area contributed by atoms with Crippen molar-refractivity contribution >= 4 is 11.4 Å². The van der Waals surface area contributed by atoms with E-state index in [1.165, 1.54) is 44.2 Å². The van der Waals surface area contributed by atoms with Crippen molar-refractivity contribution in [2.75, 3.05) is 24.6 Å². The zero-order chi connectivity index (χ0) is 14.9.